The van der Waals surface area contributed by atoms with Gasteiger partial charge in [0.25, 0.3) is 0 Å². The number of nitrogens with two attached hydrogens (primary N) is 1. The van der Waals surface area contributed by atoms with E-state index in [4.69, 9.17) is 10.5 Å². The zero-order valence-electron chi connectivity index (χ0n) is 10.4. The van der Waals surface area contributed by atoms with E-state index in [9.17, 15) is 4.39 Å². The first-order valence-electron chi connectivity index (χ1n) is 5.62. The van der Waals surface area contributed by atoms with Gasteiger partial charge in [-0.1, -0.05) is 13.8 Å². The maximum absolute atomic E-state index is 13.7. The molecule has 90 valence electrons. The molecule has 0 aliphatic rings. The van der Waals surface area contributed by atoms with Gasteiger partial charge in [-0.2, -0.15) is 0 Å². The summed E-state index contributed by atoms with van der Waals surface area (Å²) in [4.78, 5) is 0. The van der Waals surface area contributed by atoms with Crippen molar-refractivity contribution in [1.82, 2.24) is 0 Å². The second-order valence-electron chi connectivity index (χ2n) is 4.07. The van der Waals surface area contributed by atoms with Crippen molar-refractivity contribution in [1.29, 1.82) is 0 Å². The molecule has 1 unspecified atom stereocenters. The Labute approximate surface area is 96.6 Å². The third kappa shape index (κ3) is 2.19. The van der Waals surface area contributed by atoms with E-state index in [-0.39, 0.29) is 11.7 Å². The molecule has 0 amide bonds. The van der Waals surface area contributed by atoms with Gasteiger partial charge in [0.15, 0.2) is 0 Å². The Morgan fingerprint density at radius 3 is 2.56 bits per heavy atom. The molecule has 0 fully saturated rings. The third-order valence-corrected chi connectivity index (χ3v) is 3.05. The smallest absolute Gasteiger partial charge is 0.130 e. The molecule has 1 aromatic carbocycles. The van der Waals surface area contributed by atoms with Gasteiger partial charge in [0, 0.05) is 5.56 Å². The molecule has 1 aromatic rings. The quantitative estimate of drug-likeness (QED) is 0.855. The van der Waals surface area contributed by atoms with Crippen LogP contribution in [0.5, 0.6) is 5.75 Å². The first-order valence-corrected chi connectivity index (χ1v) is 5.62. The molecule has 0 aliphatic carbocycles. The monoisotopic (exact) mass is 225 g/mol. The van der Waals surface area contributed by atoms with Gasteiger partial charge in [-0.15, -0.1) is 0 Å². The van der Waals surface area contributed by atoms with Crippen molar-refractivity contribution in [2.45, 2.75) is 33.1 Å². The predicted molar refractivity (Wildman–Crippen MR) is 64.5 cm³/mol. The molecule has 0 aromatic heterocycles. The van der Waals surface area contributed by atoms with E-state index in [0.717, 1.165) is 17.5 Å². The first kappa shape index (κ1) is 13.0. The van der Waals surface area contributed by atoms with E-state index in [2.05, 4.69) is 0 Å². The summed E-state index contributed by atoms with van der Waals surface area (Å²) in [6.45, 7) is 6.30. The van der Waals surface area contributed by atoms with Gasteiger partial charge in [0.05, 0.1) is 7.11 Å². The molecule has 0 heterocycles. The van der Waals surface area contributed by atoms with Crippen LogP contribution in [0.25, 0.3) is 0 Å². The van der Waals surface area contributed by atoms with Crippen molar-refractivity contribution in [3.8, 4) is 5.75 Å². The van der Waals surface area contributed by atoms with Crippen molar-refractivity contribution >= 4 is 0 Å². The lowest BCUT2D eigenvalue weighted by Crippen LogP contribution is -2.13. The number of methoxy groups -OCH3 is 1. The molecular formula is C13H20FNO. The largest absolute Gasteiger partial charge is 0.496 e. The number of ether oxygens (including phenoxy) is 1. The number of benzene rings is 1. The van der Waals surface area contributed by atoms with Gasteiger partial charge in [0.1, 0.15) is 11.6 Å². The van der Waals surface area contributed by atoms with Crippen molar-refractivity contribution < 1.29 is 9.13 Å². The number of hydrogen-bond acceptors (Lipinski definition) is 2. The molecule has 0 aliphatic heterocycles. The summed E-state index contributed by atoms with van der Waals surface area (Å²) >= 11 is 0. The van der Waals surface area contributed by atoms with Crippen LogP contribution in [0.1, 0.15) is 36.5 Å². The van der Waals surface area contributed by atoms with Crippen LogP contribution in [0.15, 0.2) is 6.07 Å². The molecule has 3 heteroatoms. The minimum atomic E-state index is -0.218. The second-order valence-corrected chi connectivity index (χ2v) is 4.07. The number of halogens is 1. The van der Waals surface area contributed by atoms with Crippen LogP contribution < -0.4 is 10.5 Å². The Bertz CT molecular complexity index is 377. The van der Waals surface area contributed by atoms with E-state index in [1.54, 1.807) is 20.1 Å². The van der Waals surface area contributed by atoms with Gasteiger partial charge in [-0.05, 0) is 43.0 Å². The maximum Gasteiger partial charge on any atom is 0.130 e. The lowest BCUT2D eigenvalue weighted by Gasteiger charge is -2.19. The van der Waals surface area contributed by atoms with Crippen molar-refractivity contribution in [2.24, 2.45) is 5.73 Å². The molecule has 0 saturated carbocycles. The van der Waals surface area contributed by atoms with E-state index in [0.29, 0.717) is 17.9 Å². The fourth-order valence-electron chi connectivity index (χ4n) is 2.01. The van der Waals surface area contributed by atoms with E-state index in [1.807, 2.05) is 13.8 Å². The standard InChI is InChI=1S/C13H20FNO/c1-5-10-11(8(2)7-15)6-12(14)9(3)13(10)16-4/h6,8H,5,7,15H2,1-4H3. The Balaban J connectivity index is 3.43. The topological polar surface area (TPSA) is 35.2 Å². The molecule has 2 nitrogen and oxygen atoms in total. The first-order chi connectivity index (χ1) is 7.56. The molecule has 0 bridgehead atoms. The molecule has 0 spiro atoms. The highest BCUT2D eigenvalue weighted by Crippen LogP contribution is 2.33. The van der Waals surface area contributed by atoms with Crippen molar-refractivity contribution in [3.63, 3.8) is 0 Å². The van der Waals surface area contributed by atoms with Gasteiger partial charge in [0.2, 0.25) is 0 Å². The number of hydrogen-bond donors (Lipinski definition) is 1. The minimum Gasteiger partial charge on any atom is -0.496 e. The Morgan fingerprint density at radius 1 is 1.50 bits per heavy atom. The van der Waals surface area contributed by atoms with Crippen molar-refractivity contribution in [2.75, 3.05) is 13.7 Å². The maximum atomic E-state index is 13.7. The summed E-state index contributed by atoms with van der Waals surface area (Å²) in [6.07, 6.45) is 0.823. The number of rotatable bonds is 4. The zero-order chi connectivity index (χ0) is 12.3. The highest BCUT2D eigenvalue weighted by Gasteiger charge is 2.18. The Morgan fingerprint density at radius 2 is 2.12 bits per heavy atom. The lowest BCUT2D eigenvalue weighted by atomic mass is 9.91. The predicted octanol–water partition coefficient (Wildman–Crippen LogP) is 2.77. The van der Waals surface area contributed by atoms with E-state index in [1.165, 1.54) is 0 Å². The SMILES string of the molecule is CCc1c(C(C)CN)cc(F)c(C)c1OC. The van der Waals surface area contributed by atoms with Crippen LogP contribution in [0, 0.1) is 12.7 Å². The van der Waals surface area contributed by atoms with E-state index < -0.39 is 0 Å². The van der Waals surface area contributed by atoms with Crippen LogP contribution in [0.2, 0.25) is 0 Å². The molecule has 1 rings (SSSR count). The molecule has 1 atom stereocenters. The Hall–Kier alpha value is -1.09. The average Bonchev–Trinajstić information content (AvgIpc) is 2.30. The van der Waals surface area contributed by atoms with Crippen LogP contribution in [-0.2, 0) is 6.42 Å². The van der Waals surface area contributed by atoms with Crippen LogP contribution in [-0.4, -0.2) is 13.7 Å². The summed E-state index contributed by atoms with van der Waals surface area (Å²) in [5, 5.41) is 0. The molecule has 2 N–H and O–H groups in total. The van der Waals surface area contributed by atoms with E-state index >= 15 is 0 Å². The highest BCUT2D eigenvalue weighted by molar-refractivity contribution is 5.48. The minimum absolute atomic E-state index is 0.152. The van der Waals surface area contributed by atoms with Gasteiger partial charge >= 0.3 is 0 Å². The molecule has 0 saturated heterocycles. The summed E-state index contributed by atoms with van der Waals surface area (Å²) in [7, 11) is 1.58. The zero-order valence-corrected chi connectivity index (χ0v) is 10.4. The lowest BCUT2D eigenvalue weighted by molar-refractivity contribution is 0.401. The summed E-state index contributed by atoms with van der Waals surface area (Å²) in [5.74, 6) is 0.598. The van der Waals surface area contributed by atoms with Gasteiger partial charge in [-0.25, -0.2) is 4.39 Å². The third-order valence-electron chi connectivity index (χ3n) is 3.05. The van der Waals surface area contributed by atoms with Gasteiger partial charge in [-0.3, -0.25) is 0 Å². The van der Waals surface area contributed by atoms with Crippen LogP contribution in [0.4, 0.5) is 4.39 Å². The molecule has 16 heavy (non-hydrogen) atoms. The highest BCUT2D eigenvalue weighted by atomic mass is 19.1. The van der Waals surface area contributed by atoms with Crippen molar-refractivity contribution in [3.05, 3.63) is 28.6 Å². The second kappa shape index (κ2) is 5.30. The molecule has 0 radical (unpaired) electrons. The molecular weight excluding hydrogens is 205 g/mol. The summed E-state index contributed by atoms with van der Waals surface area (Å²) in [5.41, 5.74) is 8.25. The van der Waals surface area contributed by atoms with Gasteiger partial charge < -0.3 is 10.5 Å². The fourth-order valence-corrected chi connectivity index (χ4v) is 2.01. The average molecular weight is 225 g/mol. The van der Waals surface area contributed by atoms with Crippen LogP contribution >= 0.6 is 0 Å². The van der Waals surface area contributed by atoms with Crippen LogP contribution in [0.3, 0.4) is 0 Å². The Kier molecular flexibility index (Phi) is 4.30. The summed E-state index contributed by atoms with van der Waals surface area (Å²) < 4.78 is 19.0. The summed E-state index contributed by atoms with van der Waals surface area (Å²) in [6, 6.07) is 1.59. The normalized spacial score (nSPS) is 12.6. The fraction of sp³-hybridized carbons (Fsp3) is 0.538.